The number of nitrogens with one attached hydrogen (secondary N) is 2. The van der Waals surface area contributed by atoms with Crippen molar-refractivity contribution in [2.24, 2.45) is 0 Å². The standard InChI is InChI=1S/C19H20N2/c1-2-7-15(8-3-1)9-6-12-19-13-14-20-18(19)21-17-11-5-4-10-16(17)19/h1-11,18,20-21H,12-14H2/b9-6+/t18-,19+/m1/s1. The van der Waals surface area contributed by atoms with Gasteiger partial charge in [-0.05, 0) is 36.6 Å². The summed E-state index contributed by atoms with van der Waals surface area (Å²) in [4.78, 5) is 0. The second-order valence-corrected chi connectivity index (χ2v) is 6.00. The molecule has 2 nitrogen and oxygen atoms in total. The van der Waals surface area contributed by atoms with Crippen LogP contribution in [0.25, 0.3) is 6.08 Å². The number of benzene rings is 2. The van der Waals surface area contributed by atoms with Crippen molar-refractivity contribution in [2.75, 3.05) is 11.9 Å². The molecule has 2 aliphatic rings. The Morgan fingerprint density at radius 1 is 1.05 bits per heavy atom. The van der Waals surface area contributed by atoms with Gasteiger partial charge >= 0.3 is 0 Å². The number of fused-ring (bicyclic) bond motifs is 3. The summed E-state index contributed by atoms with van der Waals surface area (Å²) < 4.78 is 0. The van der Waals surface area contributed by atoms with Gasteiger partial charge in [0.05, 0.1) is 6.17 Å². The minimum atomic E-state index is 0.210. The molecule has 2 N–H and O–H groups in total. The van der Waals surface area contributed by atoms with Crippen LogP contribution in [-0.2, 0) is 5.41 Å². The highest BCUT2D eigenvalue weighted by atomic mass is 15.2. The molecule has 21 heavy (non-hydrogen) atoms. The second kappa shape index (κ2) is 5.05. The third-order valence-electron chi connectivity index (χ3n) is 4.83. The molecule has 0 spiro atoms. The molecule has 0 aliphatic carbocycles. The number of anilines is 1. The Balaban J connectivity index is 1.62. The molecule has 2 heterocycles. The smallest absolute Gasteiger partial charge is 0.0871 e. The molecule has 1 saturated heterocycles. The summed E-state index contributed by atoms with van der Waals surface area (Å²) in [5.41, 5.74) is 4.25. The zero-order chi connectivity index (χ0) is 14.1. The Morgan fingerprint density at radius 3 is 2.76 bits per heavy atom. The zero-order valence-electron chi connectivity index (χ0n) is 12.0. The van der Waals surface area contributed by atoms with Crippen molar-refractivity contribution in [2.45, 2.75) is 24.4 Å². The summed E-state index contributed by atoms with van der Waals surface area (Å²) in [5, 5.41) is 7.25. The van der Waals surface area contributed by atoms with Crippen LogP contribution in [0.4, 0.5) is 5.69 Å². The average molecular weight is 276 g/mol. The number of para-hydroxylation sites is 1. The van der Waals surface area contributed by atoms with Gasteiger partial charge in [-0.2, -0.15) is 0 Å². The molecule has 2 atom stereocenters. The normalized spacial score (nSPS) is 26.6. The van der Waals surface area contributed by atoms with E-state index in [2.05, 4.69) is 77.4 Å². The van der Waals surface area contributed by atoms with Gasteiger partial charge in [0.25, 0.3) is 0 Å². The molecule has 0 radical (unpaired) electrons. The van der Waals surface area contributed by atoms with Crippen LogP contribution in [0, 0.1) is 0 Å². The van der Waals surface area contributed by atoms with Crippen LogP contribution in [0.2, 0.25) is 0 Å². The van der Waals surface area contributed by atoms with Crippen LogP contribution in [0.15, 0.2) is 60.7 Å². The lowest BCUT2D eigenvalue weighted by Crippen LogP contribution is -2.40. The average Bonchev–Trinajstić information content (AvgIpc) is 3.04. The van der Waals surface area contributed by atoms with Crippen molar-refractivity contribution in [1.82, 2.24) is 5.32 Å². The van der Waals surface area contributed by atoms with E-state index in [1.54, 1.807) is 0 Å². The molecule has 4 rings (SSSR count). The van der Waals surface area contributed by atoms with Crippen LogP contribution in [0.5, 0.6) is 0 Å². The third-order valence-corrected chi connectivity index (χ3v) is 4.83. The maximum Gasteiger partial charge on any atom is 0.0871 e. The molecule has 106 valence electrons. The van der Waals surface area contributed by atoms with Gasteiger partial charge < -0.3 is 5.32 Å². The highest BCUT2D eigenvalue weighted by Gasteiger charge is 2.48. The summed E-state index contributed by atoms with van der Waals surface area (Å²) in [5.74, 6) is 0. The van der Waals surface area contributed by atoms with Crippen molar-refractivity contribution in [1.29, 1.82) is 0 Å². The van der Waals surface area contributed by atoms with Gasteiger partial charge in [0.1, 0.15) is 0 Å². The first-order valence-corrected chi connectivity index (χ1v) is 7.69. The third kappa shape index (κ3) is 2.07. The first kappa shape index (κ1) is 12.7. The fraction of sp³-hybridized carbons (Fsp3) is 0.263. The van der Waals surface area contributed by atoms with Crippen LogP contribution < -0.4 is 10.6 Å². The van der Waals surface area contributed by atoms with Crippen molar-refractivity contribution in [3.8, 4) is 0 Å². The molecule has 0 bridgehead atoms. The van der Waals surface area contributed by atoms with E-state index in [-0.39, 0.29) is 5.41 Å². The van der Waals surface area contributed by atoms with E-state index >= 15 is 0 Å². The van der Waals surface area contributed by atoms with Crippen molar-refractivity contribution in [3.63, 3.8) is 0 Å². The van der Waals surface area contributed by atoms with Crippen LogP contribution >= 0.6 is 0 Å². The summed E-state index contributed by atoms with van der Waals surface area (Å²) in [6.07, 6.45) is 7.21. The summed E-state index contributed by atoms with van der Waals surface area (Å²) in [6, 6.07) is 19.3. The summed E-state index contributed by atoms with van der Waals surface area (Å²) in [6.45, 7) is 1.09. The maximum atomic E-state index is 3.64. The Hall–Kier alpha value is -2.06. The van der Waals surface area contributed by atoms with E-state index in [1.807, 2.05) is 0 Å². The monoisotopic (exact) mass is 276 g/mol. The molecular weight excluding hydrogens is 256 g/mol. The molecule has 2 aromatic carbocycles. The number of hydrogen-bond acceptors (Lipinski definition) is 2. The molecule has 0 aromatic heterocycles. The number of allylic oxidation sites excluding steroid dienone is 1. The van der Waals surface area contributed by atoms with E-state index in [9.17, 15) is 0 Å². The molecule has 1 fully saturated rings. The Kier molecular flexibility index (Phi) is 3.04. The van der Waals surface area contributed by atoms with E-state index in [0.717, 1.165) is 13.0 Å². The molecule has 0 amide bonds. The molecule has 2 aromatic rings. The van der Waals surface area contributed by atoms with Gasteiger partial charge in [-0.15, -0.1) is 0 Å². The highest BCUT2D eigenvalue weighted by molar-refractivity contribution is 5.63. The van der Waals surface area contributed by atoms with Gasteiger partial charge in [-0.1, -0.05) is 60.7 Å². The largest absolute Gasteiger partial charge is 0.369 e. The van der Waals surface area contributed by atoms with E-state index in [4.69, 9.17) is 0 Å². The highest BCUT2D eigenvalue weighted by Crippen LogP contribution is 2.47. The van der Waals surface area contributed by atoms with Crippen molar-refractivity contribution >= 4 is 11.8 Å². The first-order valence-electron chi connectivity index (χ1n) is 7.69. The van der Waals surface area contributed by atoms with Crippen LogP contribution in [0.3, 0.4) is 0 Å². The number of rotatable bonds is 3. The van der Waals surface area contributed by atoms with Crippen LogP contribution in [0.1, 0.15) is 24.0 Å². The first-order chi connectivity index (χ1) is 10.4. The lowest BCUT2D eigenvalue weighted by molar-refractivity contribution is 0.424. The molecule has 0 saturated carbocycles. The van der Waals surface area contributed by atoms with Gasteiger partial charge in [-0.3, -0.25) is 5.32 Å². The predicted octanol–water partition coefficient (Wildman–Crippen LogP) is 3.77. The fourth-order valence-corrected chi connectivity index (χ4v) is 3.76. The van der Waals surface area contributed by atoms with E-state index in [1.165, 1.54) is 23.2 Å². The lowest BCUT2D eigenvalue weighted by atomic mass is 9.76. The Labute approximate surface area is 125 Å². The SMILES string of the molecule is C(=C\c1ccccc1)/C[C@@]12CCN[C@@H]1Nc1ccccc12. The summed E-state index contributed by atoms with van der Waals surface area (Å²) >= 11 is 0. The number of hydrogen-bond donors (Lipinski definition) is 2. The molecule has 0 unspecified atom stereocenters. The van der Waals surface area contributed by atoms with Gasteiger partial charge in [-0.25, -0.2) is 0 Å². The van der Waals surface area contributed by atoms with E-state index < -0.39 is 0 Å². The minimum Gasteiger partial charge on any atom is -0.369 e. The Morgan fingerprint density at radius 2 is 1.86 bits per heavy atom. The van der Waals surface area contributed by atoms with E-state index in [0.29, 0.717) is 6.17 Å². The second-order valence-electron chi connectivity index (χ2n) is 6.00. The predicted molar refractivity (Wildman–Crippen MR) is 88.2 cm³/mol. The quantitative estimate of drug-likeness (QED) is 0.891. The maximum absolute atomic E-state index is 3.64. The minimum absolute atomic E-state index is 0.210. The fourth-order valence-electron chi connectivity index (χ4n) is 3.76. The topological polar surface area (TPSA) is 24.1 Å². The van der Waals surface area contributed by atoms with Crippen LogP contribution in [-0.4, -0.2) is 12.7 Å². The Bertz CT molecular complexity index is 662. The molecule has 2 aliphatic heterocycles. The van der Waals surface area contributed by atoms with Gasteiger partial charge in [0.15, 0.2) is 0 Å². The summed E-state index contributed by atoms with van der Waals surface area (Å²) in [7, 11) is 0. The van der Waals surface area contributed by atoms with Crippen molar-refractivity contribution in [3.05, 3.63) is 71.8 Å². The van der Waals surface area contributed by atoms with Gasteiger partial charge in [0.2, 0.25) is 0 Å². The van der Waals surface area contributed by atoms with Crippen molar-refractivity contribution < 1.29 is 0 Å². The molecule has 2 heteroatoms. The zero-order valence-corrected chi connectivity index (χ0v) is 12.0. The lowest BCUT2D eigenvalue weighted by Gasteiger charge is -2.27. The van der Waals surface area contributed by atoms with Gasteiger partial charge in [0, 0.05) is 11.1 Å². The molecular formula is C19H20N2.